The van der Waals surface area contributed by atoms with Crippen LogP contribution in [-0.4, -0.2) is 29.8 Å². The highest BCUT2D eigenvalue weighted by Gasteiger charge is 2.68. The number of fused-ring (bicyclic) bond motifs is 5. The van der Waals surface area contributed by atoms with Crippen LogP contribution in [-0.2, 0) is 19.1 Å². The lowest BCUT2D eigenvalue weighted by Gasteiger charge is -2.59. The summed E-state index contributed by atoms with van der Waals surface area (Å²) in [5, 5.41) is 3.03. The monoisotopic (exact) mass is 401 g/mol. The maximum Gasteiger partial charge on any atom is 0.303 e. The smallest absolute Gasteiger partial charge is 0.303 e. The van der Waals surface area contributed by atoms with Crippen LogP contribution in [0.2, 0.25) is 0 Å². The average Bonchev–Trinajstić information content (AvgIpc) is 2.81. The van der Waals surface area contributed by atoms with Gasteiger partial charge in [0.2, 0.25) is 5.91 Å². The first kappa shape index (κ1) is 20.6. The van der Waals surface area contributed by atoms with Crippen LogP contribution >= 0.6 is 0 Å². The number of Topliss-reactive ketones (excluding diaryl/α,β-unsaturated/α-hetero) is 1. The van der Waals surface area contributed by atoms with Crippen molar-refractivity contribution in [2.24, 2.45) is 34.5 Å². The molecule has 5 nitrogen and oxygen atoms in total. The Bertz CT molecular complexity index is 788. The minimum absolute atomic E-state index is 0.00364. The molecule has 0 unspecified atom stereocenters. The Morgan fingerprint density at radius 3 is 2.45 bits per heavy atom. The highest BCUT2D eigenvalue weighted by Crippen LogP contribution is 2.68. The quantitative estimate of drug-likeness (QED) is 0.714. The zero-order chi connectivity index (χ0) is 21.2. The molecule has 0 saturated heterocycles. The summed E-state index contributed by atoms with van der Waals surface area (Å²) in [5.41, 5.74) is 0.0524. The van der Waals surface area contributed by atoms with Crippen molar-refractivity contribution in [3.8, 4) is 0 Å². The maximum atomic E-state index is 12.8. The Hall–Kier alpha value is -1.65. The van der Waals surface area contributed by atoms with Gasteiger partial charge in [-0.05, 0) is 74.5 Å². The lowest BCUT2D eigenvalue weighted by atomic mass is 9.45. The largest absolute Gasteiger partial charge is 0.451 e. The van der Waals surface area contributed by atoms with Crippen LogP contribution in [0.5, 0.6) is 0 Å². The van der Waals surface area contributed by atoms with E-state index >= 15 is 0 Å². The Kier molecular flexibility index (Phi) is 4.75. The van der Waals surface area contributed by atoms with Crippen molar-refractivity contribution in [1.82, 2.24) is 5.32 Å². The van der Waals surface area contributed by atoms with Crippen LogP contribution in [0.25, 0.3) is 0 Å². The molecule has 3 aliphatic carbocycles. The minimum Gasteiger partial charge on any atom is -0.451 e. The Balaban J connectivity index is 1.74. The molecule has 0 bridgehead atoms. The van der Waals surface area contributed by atoms with Gasteiger partial charge in [0, 0.05) is 25.0 Å². The summed E-state index contributed by atoms with van der Waals surface area (Å²) in [5.74, 6) is 1.42. The molecule has 1 aliphatic heterocycles. The summed E-state index contributed by atoms with van der Waals surface area (Å²) in [6, 6.07) is 0. The fourth-order valence-corrected chi connectivity index (χ4v) is 8.06. The molecule has 3 saturated carbocycles. The molecule has 4 aliphatic rings. The van der Waals surface area contributed by atoms with Gasteiger partial charge in [-0.2, -0.15) is 0 Å². The van der Waals surface area contributed by atoms with Crippen molar-refractivity contribution >= 4 is 17.7 Å². The van der Waals surface area contributed by atoms with E-state index in [4.69, 9.17) is 4.74 Å². The number of amides is 1. The first-order valence-corrected chi connectivity index (χ1v) is 11.3. The van der Waals surface area contributed by atoms with Gasteiger partial charge in [0.05, 0.1) is 0 Å². The van der Waals surface area contributed by atoms with Gasteiger partial charge < -0.3 is 10.1 Å². The molecule has 0 aromatic heterocycles. The van der Waals surface area contributed by atoms with Crippen molar-refractivity contribution in [2.75, 3.05) is 6.54 Å². The zero-order valence-corrected chi connectivity index (χ0v) is 18.5. The second kappa shape index (κ2) is 6.68. The number of carbonyl (C=O) groups excluding carboxylic acids is 3. The summed E-state index contributed by atoms with van der Waals surface area (Å²) in [6.45, 7) is 10.5. The second-order valence-electron chi connectivity index (χ2n) is 10.5. The fraction of sp³-hybridized carbons (Fsp3) is 0.792. The number of rotatable bonds is 2. The molecule has 0 radical (unpaired) electrons. The van der Waals surface area contributed by atoms with Gasteiger partial charge in [0.25, 0.3) is 0 Å². The van der Waals surface area contributed by atoms with Crippen LogP contribution < -0.4 is 5.32 Å². The molecule has 1 amide bonds. The molecule has 0 spiro atoms. The standard InChI is InChI=1S/C24H35NO4/c1-14-12-17-18(22(4)10-11-25-21(28)13-20(14)22)6-8-23(5)19(17)7-9-24(23,15(2)26)29-16(3)27/h13-14,17-19H,6-12H2,1-5H3,(H,25,28)/t14-,17-,18-,19-,22-,23-,24+/m1/s1. The molecule has 5 heteroatoms. The lowest BCUT2D eigenvalue weighted by Crippen LogP contribution is -2.59. The van der Waals surface area contributed by atoms with Gasteiger partial charge in [0.15, 0.2) is 11.4 Å². The molecule has 1 heterocycles. The third kappa shape index (κ3) is 2.75. The first-order valence-electron chi connectivity index (χ1n) is 11.3. The second-order valence-corrected chi connectivity index (χ2v) is 10.5. The highest BCUT2D eigenvalue weighted by atomic mass is 16.6. The van der Waals surface area contributed by atoms with E-state index in [0.717, 1.165) is 38.6 Å². The first-order chi connectivity index (χ1) is 13.5. The summed E-state index contributed by atoms with van der Waals surface area (Å²) in [6.07, 6.45) is 7.38. The van der Waals surface area contributed by atoms with Gasteiger partial charge in [-0.1, -0.05) is 26.3 Å². The SMILES string of the molecule is CC(=O)O[C@]1(C(C)=O)CC[C@@H]2[C@@H]3C[C@@H](C)C4=CC(=O)NCC[C@]4(C)[C@@H]3CC[C@]21C. The number of esters is 1. The van der Waals surface area contributed by atoms with E-state index in [1.165, 1.54) is 12.5 Å². The average molecular weight is 402 g/mol. The molecule has 0 aromatic rings. The molecule has 7 atom stereocenters. The maximum absolute atomic E-state index is 12.8. The molecule has 29 heavy (non-hydrogen) atoms. The molecule has 3 fully saturated rings. The summed E-state index contributed by atoms with van der Waals surface area (Å²) in [4.78, 5) is 37.0. The van der Waals surface area contributed by atoms with Crippen LogP contribution in [0.4, 0.5) is 0 Å². The van der Waals surface area contributed by atoms with E-state index in [0.29, 0.717) is 30.1 Å². The number of hydrogen-bond donors (Lipinski definition) is 1. The van der Waals surface area contributed by atoms with Crippen molar-refractivity contribution in [3.63, 3.8) is 0 Å². The van der Waals surface area contributed by atoms with E-state index in [1.54, 1.807) is 6.92 Å². The van der Waals surface area contributed by atoms with Crippen LogP contribution in [0.1, 0.15) is 73.1 Å². The lowest BCUT2D eigenvalue weighted by molar-refractivity contribution is -0.187. The highest BCUT2D eigenvalue weighted by molar-refractivity contribution is 5.89. The predicted molar refractivity (Wildman–Crippen MR) is 110 cm³/mol. The van der Waals surface area contributed by atoms with Crippen molar-refractivity contribution in [3.05, 3.63) is 11.6 Å². The van der Waals surface area contributed by atoms with Crippen LogP contribution in [0.3, 0.4) is 0 Å². The minimum atomic E-state index is -0.976. The molecule has 160 valence electrons. The van der Waals surface area contributed by atoms with Gasteiger partial charge in [-0.15, -0.1) is 0 Å². The third-order valence-corrected chi connectivity index (χ3v) is 9.31. The Morgan fingerprint density at radius 1 is 1.10 bits per heavy atom. The van der Waals surface area contributed by atoms with E-state index in [-0.39, 0.29) is 28.5 Å². The fourth-order valence-electron chi connectivity index (χ4n) is 8.06. The van der Waals surface area contributed by atoms with E-state index < -0.39 is 5.60 Å². The van der Waals surface area contributed by atoms with Gasteiger partial charge in [0.1, 0.15) is 0 Å². The van der Waals surface area contributed by atoms with Gasteiger partial charge in [-0.3, -0.25) is 14.4 Å². The number of nitrogens with one attached hydrogen (secondary N) is 1. The molecule has 4 rings (SSSR count). The predicted octanol–water partition coefficient (Wildman–Crippen LogP) is 3.81. The number of ether oxygens (including phenoxy) is 1. The van der Waals surface area contributed by atoms with Crippen LogP contribution in [0.15, 0.2) is 11.6 Å². The summed E-state index contributed by atoms with van der Waals surface area (Å²) < 4.78 is 5.85. The summed E-state index contributed by atoms with van der Waals surface area (Å²) >= 11 is 0. The van der Waals surface area contributed by atoms with Gasteiger partial charge >= 0.3 is 5.97 Å². The third-order valence-electron chi connectivity index (χ3n) is 9.31. The van der Waals surface area contributed by atoms with E-state index in [2.05, 4.69) is 26.1 Å². The van der Waals surface area contributed by atoms with Crippen molar-refractivity contribution in [1.29, 1.82) is 0 Å². The number of allylic oxidation sites excluding steroid dienone is 1. The number of hydrogen-bond acceptors (Lipinski definition) is 4. The van der Waals surface area contributed by atoms with Gasteiger partial charge in [-0.25, -0.2) is 0 Å². The molecule has 0 aromatic carbocycles. The molecule has 1 N–H and O–H groups in total. The zero-order valence-electron chi connectivity index (χ0n) is 18.5. The Morgan fingerprint density at radius 2 is 1.79 bits per heavy atom. The van der Waals surface area contributed by atoms with E-state index in [1.807, 2.05) is 6.08 Å². The van der Waals surface area contributed by atoms with E-state index in [9.17, 15) is 14.4 Å². The van der Waals surface area contributed by atoms with Crippen molar-refractivity contribution in [2.45, 2.75) is 78.7 Å². The number of carbonyl (C=O) groups is 3. The molecular formula is C24H35NO4. The Labute approximate surface area is 174 Å². The molecular weight excluding hydrogens is 366 g/mol. The van der Waals surface area contributed by atoms with Crippen LogP contribution in [0, 0.1) is 34.5 Å². The topological polar surface area (TPSA) is 72.5 Å². The normalized spacial score (nSPS) is 46.4. The van der Waals surface area contributed by atoms with Crippen molar-refractivity contribution < 1.29 is 19.1 Å². The summed E-state index contributed by atoms with van der Waals surface area (Å²) in [7, 11) is 0. The number of ketones is 1.